The van der Waals surface area contributed by atoms with Gasteiger partial charge in [-0.1, -0.05) is 5.11 Å². The Kier molecular flexibility index (Phi) is 1.51. The average molecular weight is 110 g/mol. The van der Waals surface area contributed by atoms with Gasteiger partial charge in [0.15, 0.2) is 0 Å². The quantitative estimate of drug-likeness (QED) is 0.302. The van der Waals surface area contributed by atoms with Crippen LogP contribution < -0.4 is 5.32 Å². The minimum atomic E-state index is 0.874. The van der Waals surface area contributed by atoms with Crippen LogP contribution in [0.5, 0.6) is 0 Å². The first-order chi connectivity index (χ1) is 3.93. The zero-order valence-corrected chi connectivity index (χ0v) is 4.33. The molecule has 0 aromatic rings. The maximum absolute atomic E-state index is 7.83. The minimum Gasteiger partial charge on any atom is -0.309 e. The van der Waals surface area contributed by atoms with Crippen LogP contribution in [0.15, 0.2) is 16.9 Å². The van der Waals surface area contributed by atoms with Crippen molar-refractivity contribution in [3.63, 3.8) is 0 Å². The molecule has 1 saturated heterocycles. The third-order valence-corrected chi connectivity index (χ3v) is 0.996. The fraction of sp³-hybridized carbons (Fsp3) is 0.500. The Labute approximate surface area is 46.8 Å². The van der Waals surface area contributed by atoms with Gasteiger partial charge in [0, 0.05) is 24.2 Å². The Morgan fingerprint density at radius 2 is 2.50 bits per heavy atom. The van der Waals surface area contributed by atoms with E-state index in [2.05, 4.69) is 15.3 Å². The molecule has 0 spiro atoms. The van der Waals surface area contributed by atoms with Gasteiger partial charge in [-0.25, -0.2) is 0 Å². The number of hydrogen-bond donors (Lipinski definition) is 1. The van der Waals surface area contributed by atoms with E-state index in [4.69, 9.17) is 5.53 Å². The van der Waals surface area contributed by atoms with Gasteiger partial charge < -0.3 is 5.32 Å². The van der Waals surface area contributed by atoms with E-state index in [-0.39, 0.29) is 0 Å². The number of nitrogens with zero attached hydrogens (tertiary/aromatic N) is 3. The number of azide groups is 1. The molecule has 0 aromatic carbocycles. The fourth-order valence-corrected chi connectivity index (χ4v) is 0.468. The Bertz CT molecular complexity index is 147. The van der Waals surface area contributed by atoms with Crippen LogP contribution in [0, 0.1) is 0 Å². The van der Waals surface area contributed by atoms with Crippen LogP contribution in [0.1, 0.15) is 0 Å². The molecule has 0 unspecified atom stereocenters. The molecule has 0 aromatic heterocycles. The largest absolute Gasteiger partial charge is 0.309 e. The minimum absolute atomic E-state index is 0.874. The third-order valence-electron chi connectivity index (χ3n) is 0.996. The summed E-state index contributed by atoms with van der Waals surface area (Å²) in [6.07, 6.45) is 1.55. The van der Waals surface area contributed by atoms with E-state index in [1.165, 1.54) is 5.57 Å². The Balaban J connectivity index is 2.42. The van der Waals surface area contributed by atoms with Gasteiger partial charge in [-0.05, 0) is 11.1 Å². The van der Waals surface area contributed by atoms with Gasteiger partial charge >= 0.3 is 0 Å². The molecule has 0 amide bonds. The molecule has 1 N–H and O–H groups in total. The molecule has 1 heterocycles. The predicted octanol–water partition coefficient (Wildman–Crippen LogP) is 0.784. The van der Waals surface area contributed by atoms with Crippen LogP contribution in [0.4, 0.5) is 0 Å². The normalized spacial score (nSPS) is 16.2. The van der Waals surface area contributed by atoms with Crippen LogP contribution in [0.3, 0.4) is 0 Å². The molecule has 0 bridgehead atoms. The summed E-state index contributed by atoms with van der Waals surface area (Å²) in [6.45, 7) is 1.75. The van der Waals surface area contributed by atoms with Crippen molar-refractivity contribution in [2.24, 2.45) is 5.11 Å². The first kappa shape index (κ1) is 5.15. The van der Waals surface area contributed by atoms with Crippen molar-refractivity contribution >= 4 is 0 Å². The lowest BCUT2D eigenvalue weighted by Crippen LogP contribution is -2.33. The van der Waals surface area contributed by atoms with Crippen molar-refractivity contribution in [2.45, 2.75) is 0 Å². The Morgan fingerprint density at radius 1 is 1.75 bits per heavy atom. The lowest BCUT2D eigenvalue weighted by molar-refractivity contribution is 0.665. The zero-order valence-electron chi connectivity index (χ0n) is 4.33. The van der Waals surface area contributed by atoms with Gasteiger partial charge in [-0.2, -0.15) is 0 Å². The van der Waals surface area contributed by atoms with Crippen molar-refractivity contribution in [3.05, 3.63) is 22.2 Å². The molecule has 0 saturated carbocycles. The van der Waals surface area contributed by atoms with Crippen molar-refractivity contribution in [3.8, 4) is 0 Å². The summed E-state index contributed by atoms with van der Waals surface area (Å²) in [5.41, 5.74) is 9.00. The van der Waals surface area contributed by atoms with Crippen LogP contribution >= 0.6 is 0 Å². The van der Waals surface area contributed by atoms with E-state index in [1.807, 2.05) is 0 Å². The van der Waals surface area contributed by atoms with E-state index in [9.17, 15) is 0 Å². The summed E-state index contributed by atoms with van der Waals surface area (Å²) in [6, 6.07) is 0. The summed E-state index contributed by atoms with van der Waals surface area (Å²) in [5.74, 6) is 0. The molecule has 4 nitrogen and oxygen atoms in total. The maximum atomic E-state index is 7.83. The number of rotatable bonds is 1. The van der Waals surface area contributed by atoms with Crippen molar-refractivity contribution in [2.75, 3.05) is 13.1 Å². The van der Waals surface area contributed by atoms with E-state index >= 15 is 0 Å². The highest BCUT2D eigenvalue weighted by Crippen LogP contribution is 1.99. The molecule has 1 fully saturated rings. The Morgan fingerprint density at radius 3 is 2.88 bits per heavy atom. The standard InChI is InChI=1S/C4H6N4/c5-8-7-3-4-1-6-2-4/h3,6H,1-2H2. The second kappa shape index (κ2) is 2.35. The first-order valence-corrected chi connectivity index (χ1v) is 2.36. The van der Waals surface area contributed by atoms with Crippen molar-refractivity contribution < 1.29 is 0 Å². The number of hydrogen-bond acceptors (Lipinski definition) is 2. The molecule has 1 aliphatic rings. The summed E-state index contributed by atoms with van der Waals surface area (Å²) in [7, 11) is 0. The van der Waals surface area contributed by atoms with Gasteiger partial charge in [0.2, 0.25) is 0 Å². The van der Waals surface area contributed by atoms with Crippen LogP contribution in [-0.4, -0.2) is 13.1 Å². The second-order valence-corrected chi connectivity index (χ2v) is 1.60. The topological polar surface area (TPSA) is 60.8 Å². The third kappa shape index (κ3) is 0.992. The van der Waals surface area contributed by atoms with Gasteiger partial charge in [0.1, 0.15) is 0 Å². The summed E-state index contributed by atoms with van der Waals surface area (Å²) in [5, 5.41) is 6.29. The van der Waals surface area contributed by atoms with Crippen molar-refractivity contribution in [1.82, 2.24) is 5.32 Å². The van der Waals surface area contributed by atoms with Gasteiger partial charge in [0.05, 0.1) is 0 Å². The summed E-state index contributed by atoms with van der Waals surface area (Å²) >= 11 is 0. The van der Waals surface area contributed by atoms with Crippen LogP contribution in [-0.2, 0) is 0 Å². The van der Waals surface area contributed by atoms with E-state index < -0.39 is 0 Å². The molecular weight excluding hydrogens is 104 g/mol. The van der Waals surface area contributed by atoms with E-state index in [0.29, 0.717) is 0 Å². The SMILES string of the molecule is [N-]=[N+]=NC=C1CNC1. The molecular formula is C4H6N4. The van der Waals surface area contributed by atoms with Crippen LogP contribution in [0.2, 0.25) is 0 Å². The Hall–Kier alpha value is -0.990. The van der Waals surface area contributed by atoms with Gasteiger partial charge in [-0.15, -0.1) is 0 Å². The van der Waals surface area contributed by atoms with Crippen molar-refractivity contribution in [1.29, 1.82) is 0 Å². The van der Waals surface area contributed by atoms with Crippen LogP contribution in [0.25, 0.3) is 10.4 Å². The highest BCUT2D eigenvalue weighted by Gasteiger charge is 2.03. The average Bonchev–Trinajstić information content (AvgIpc) is 1.63. The van der Waals surface area contributed by atoms with E-state index in [1.54, 1.807) is 6.20 Å². The van der Waals surface area contributed by atoms with E-state index in [0.717, 1.165) is 13.1 Å². The molecule has 4 heteroatoms. The molecule has 1 rings (SSSR count). The summed E-state index contributed by atoms with van der Waals surface area (Å²) in [4.78, 5) is 2.58. The second-order valence-electron chi connectivity index (χ2n) is 1.60. The number of nitrogens with one attached hydrogen (secondary N) is 1. The zero-order chi connectivity index (χ0) is 5.82. The fourth-order valence-electron chi connectivity index (χ4n) is 0.468. The molecule has 0 radical (unpaired) electrons. The highest BCUT2D eigenvalue weighted by atomic mass is 15.1. The lowest BCUT2D eigenvalue weighted by atomic mass is 10.2. The van der Waals surface area contributed by atoms with Gasteiger partial charge in [0.25, 0.3) is 0 Å². The maximum Gasteiger partial charge on any atom is 0.0182 e. The monoisotopic (exact) mass is 110 g/mol. The smallest absolute Gasteiger partial charge is 0.0182 e. The molecule has 1 aliphatic heterocycles. The van der Waals surface area contributed by atoms with Gasteiger partial charge in [-0.3, -0.25) is 0 Å². The lowest BCUT2D eigenvalue weighted by Gasteiger charge is -2.16. The first-order valence-electron chi connectivity index (χ1n) is 2.36. The molecule has 0 atom stereocenters. The molecule has 42 valence electrons. The highest BCUT2D eigenvalue weighted by molar-refractivity contribution is 5.12. The summed E-state index contributed by atoms with van der Waals surface area (Å²) < 4.78 is 0. The predicted molar refractivity (Wildman–Crippen MR) is 30.1 cm³/mol. The molecule has 0 aliphatic carbocycles. The molecule has 8 heavy (non-hydrogen) atoms.